The summed E-state index contributed by atoms with van der Waals surface area (Å²) in [5.41, 5.74) is 3.26. The Kier molecular flexibility index (Phi) is 6.11. The Hall–Kier alpha value is -2.71. The van der Waals surface area contributed by atoms with E-state index in [9.17, 15) is 18.0 Å². The van der Waals surface area contributed by atoms with Crippen molar-refractivity contribution in [1.29, 1.82) is 0 Å². The molecule has 164 valence electrons. The quantitative estimate of drug-likeness (QED) is 0.773. The fourth-order valence-corrected chi connectivity index (χ4v) is 5.31. The Balaban J connectivity index is 1.49. The molecule has 0 spiro atoms. The molecule has 1 N–H and O–H groups in total. The van der Waals surface area contributed by atoms with Gasteiger partial charge in [0.15, 0.2) is 0 Å². The zero-order chi connectivity index (χ0) is 22.0. The number of amides is 2. The first-order chi connectivity index (χ1) is 14.8. The van der Waals surface area contributed by atoms with Crippen molar-refractivity contribution in [3.05, 3.63) is 53.6 Å². The Bertz CT molecular complexity index is 1110. The van der Waals surface area contributed by atoms with Crippen LogP contribution in [0.4, 0.5) is 11.4 Å². The average molecular weight is 442 g/mol. The highest BCUT2D eigenvalue weighted by Gasteiger charge is 2.23. The van der Waals surface area contributed by atoms with Gasteiger partial charge in [0.2, 0.25) is 21.8 Å². The molecule has 0 aliphatic carbocycles. The lowest BCUT2D eigenvalue weighted by Gasteiger charge is -2.28. The molecule has 2 amide bonds. The number of hydrogen-bond acceptors (Lipinski definition) is 4. The van der Waals surface area contributed by atoms with E-state index in [1.165, 1.54) is 6.92 Å². The van der Waals surface area contributed by atoms with E-state index in [1.807, 2.05) is 24.3 Å². The van der Waals surface area contributed by atoms with Crippen molar-refractivity contribution >= 4 is 33.2 Å². The van der Waals surface area contributed by atoms with Gasteiger partial charge in [-0.15, -0.1) is 0 Å². The number of rotatable bonds is 5. The van der Waals surface area contributed by atoms with E-state index >= 15 is 0 Å². The van der Waals surface area contributed by atoms with E-state index in [0.29, 0.717) is 19.5 Å². The standard InChI is InChI=1S/C23H27N3O4S/c1-17(27)25-13-5-7-19-15-21(10-11-22(19)25)31(29,30)24-16-18-6-4-8-20(14-18)26-12-3-2-9-23(26)28/h4,6,8,10-11,14-15,24H,2-3,5,7,9,12-13,16H2,1H3. The molecule has 7 nitrogen and oxygen atoms in total. The summed E-state index contributed by atoms with van der Waals surface area (Å²) in [6.45, 7) is 3.00. The van der Waals surface area contributed by atoms with Crippen molar-refractivity contribution in [2.75, 3.05) is 22.9 Å². The summed E-state index contributed by atoms with van der Waals surface area (Å²) in [5, 5.41) is 0. The number of aryl methyl sites for hydroxylation is 1. The van der Waals surface area contributed by atoms with Crippen LogP contribution in [0.25, 0.3) is 0 Å². The van der Waals surface area contributed by atoms with Gasteiger partial charge in [0.25, 0.3) is 0 Å². The molecule has 2 heterocycles. The van der Waals surface area contributed by atoms with Crippen LogP contribution in [0.1, 0.15) is 43.7 Å². The van der Waals surface area contributed by atoms with Crippen LogP contribution in [0.2, 0.25) is 0 Å². The molecule has 0 atom stereocenters. The van der Waals surface area contributed by atoms with Crippen molar-refractivity contribution in [2.45, 2.75) is 50.5 Å². The topological polar surface area (TPSA) is 86.8 Å². The van der Waals surface area contributed by atoms with Crippen molar-refractivity contribution < 1.29 is 18.0 Å². The van der Waals surface area contributed by atoms with Gasteiger partial charge in [0.1, 0.15) is 0 Å². The van der Waals surface area contributed by atoms with E-state index in [0.717, 1.165) is 48.2 Å². The van der Waals surface area contributed by atoms with Crippen molar-refractivity contribution in [2.24, 2.45) is 0 Å². The van der Waals surface area contributed by atoms with Crippen molar-refractivity contribution in [3.8, 4) is 0 Å². The smallest absolute Gasteiger partial charge is 0.240 e. The van der Waals surface area contributed by atoms with Crippen LogP contribution in [0.5, 0.6) is 0 Å². The summed E-state index contributed by atoms with van der Waals surface area (Å²) in [7, 11) is -3.71. The molecule has 0 unspecified atom stereocenters. The van der Waals surface area contributed by atoms with Crippen LogP contribution in [-0.2, 0) is 32.6 Å². The normalized spacial score (nSPS) is 16.9. The zero-order valence-electron chi connectivity index (χ0n) is 17.6. The second-order valence-electron chi connectivity index (χ2n) is 8.06. The Labute approximate surface area is 183 Å². The maximum Gasteiger partial charge on any atom is 0.240 e. The summed E-state index contributed by atoms with van der Waals surface area (Å²) in [6, 6.07) is 12.4. The average Bonchev–Trinajstić information content (AvgIpc) is 2.77. The maximum absolute atomic E-state index is 12.9. The first-order valence-electron chi connectivity index (χ1n) is 10.7. The number of nitrogens with zero attached hydrogens (tertiary/aromatic N) is 2. The van der Waals surface area contributed by atoms with Crippen LogP contribution in [0.3, 0.4) is 0 Å². The fraction of sp³-hybridized carbons (Fsp3) is 0.391. The minimum Gasteiger partial charge on any atom is -0.312 e. The number of benzene rings is 2. The lowest BCUT2D eigenvalue weighted by molar-refractivity contribution is -0.119. The molecule has 8 heteroatoms. The first kappa shape index (κ1) is 21.5. The molecule has 31 heavy (non-hydrogen) atoms. The molecule has 0 saturated carbocycles. The second-order valence-corrected chi connectivity index (χ2v) is 9.83. The zero-order valence-corrected chi connectivity index (χ0v) is 18.5. The number of carbonyl (C=O) groups excluding carboxylic acids is 2. The molecule has 1 fully saturated rings. The van der Waals surface area contributed by atoms with Gasteiger partial charge in [0, 0.05) is 44.4 Å². The molecule has 2 aliphatic heterocycles. The minimum absolute atomic E-state index is 0.0400. The highest BCUT2D eigenvalue weighted by atomic mass is 32.2. The molecule has 0 bridgehead atoms. The number of sulfonamides is 1. The number of nitrogens with one attached hydrogen (secondary N) is 1. The Morgan fingerprint density at radius 1 is 1.03 bits per heavy atom. The summed E-state index contributed by atoms with van der Waals surface area (Å²) in [6.07, 6.45) is 4.00. The predicted molar refractivity (Wildman–Crippen MR) is 119 cm³/mol. The van der Waals surface area contributed by atoms with Gasteiger partial charge in [-0.3, -0.25) is 9.59 Å². The van der Waals surface area contributed by atoms with Gasteiger partial charge in [-0.1, -0.05) is 12.1 Å². The van der Waals surface area contributed by atoms with Gasteiger partial charge in [-0.2, -0.15) is 0 Å². The number of fused-ring (bicyclic) bond motifs is 1. The highest BCUT2D eigenvalue weighted by molar-refractivity contribution is 7.89. The summed E-state index contributed by atoms with van der Waals surface area (Å²) in [4.78, 5) is 27.7. The lowest BCUT2D eigenvalue weighted by atomic mass is 10.0. The van der Waals surface area contributed by atoms with Crippen LogP contribution < -0.4 is 14.5 Å². The van der Waals surface area contributed by atoms with E-state index in [-0.39, 0.29) is 23.3 Å². The van der Waals surface area contributed by atoms with E-state index in [1.54, 1.807) is 28.0 Å². The lowest BCUT2D eigenvalue weighted by Crippen LogP contribution is -2.35. The van der Waals surface area contributed by atoms with Gasteiger partial charge >= 0.3 is 0 Å². The third kappa shape index (κ3) is 4.65. The maximum atomic E-state index is 12.9. The number of carbonyl (C=O) groups is 2. The molecule has 0 aromatic heterocycles. The van der Waals surface area contributed by atoms with E-state index in [4.69, 9.17) is 0 Å². The van der Waals surface area contributed by atoms with Crippen molar-refractivity contribution in [3.63, 3.8) is 0 Å². The van der Waals surface area contributed by atoms with Crippen LogP contribution in [0.15, 0.2) is 47.4 Å². The van der Waals surface area contributed by atoms with E-state index in [2.05, 4.69) is 4.72 Å². The van der Waals surface area contributed by atoms with Crippen molar-refractivity contribution in [1.82, 2.24) is 4.72 Å². The molecule has 2 aromatic rings. The third-order valence-electron chi connectivity index (χ3n) is 5.87. The van der Waals surface area contributed by atoms with Crippen LogP contribution >= 0.6 is 0 Å². The first-order valence-corrected chi connectivity index (χ1v) is 12.1. The fourth-order valence-electron chi connectivity index (χ4n) is 4.24. The Morgan fingerprint density at radius 2 is 1.87 bits per heavy atom. The Morgan fingerprint density at radius 3 is 2.65 bits per heavy atom. The molecule has 2 aromatic carbocycles. The van der Waals surface area contributed by atoms with Crippen LogP contribution in [-0.4, -0.2) is 33.3 Å². The van der Waals surface area contributed by atoms with E-state index < -0.39 is 10.0 Å². The summed E-state index contributed by atoms with van der Waals surface area (Å²) in [5.74, 6) is 0.0689. The summed E-state index contributed by atoms with van der Waals surface area (Å²) >= 11 is 0. The predicted octanol–water partition coefficient (Wildman–Crippen LogP) is 2.98. The van der Waals surface area contributed by atoms with Gasteiger partial charge < -0.3 is 9.80 Å². The SMILES string of the molecule is CC(=O)N1CCCc2cc(S(=O)(=O)NCc3cccc(N4CCCCC4=O)c3)ccc21. The molecule has 1 saturated heterocycles. The van der Waals surface area contributed by atoms with Gasteiger partial charge in [0.05, 0.1) is 4.90 Å². The molecule has 2 aliphatic rings. The van der Waals surface area contributed by atoms with Gasteiger partial charge in [-0.25, -0.2) is 13.1 Å². The second kappa shape index (κ2) is 8.80. The highest BCUT2D eigenvalue weighted by Crippen LogP contribution is 2.29. The third-order valence-corrected chi connectivity index (χ3v) is 7.27. The largest absolute Gasteiger partial charge is 0.312 e. The minimum atomic E-state index is -3.71. The molecular weight excluding hydrogens is 414 g/mol. The number of anilines is 2. The monoisotopic (exact) mass is 441 g/mol. The number of hydrogen-bond donors (Lipinski definition) is 1. The molecular formula is C23H27N3O4S. The van der Waals surface area contributed by atoms with Crippen LogP contribution in [0, 0.1) is 0 Å². The molecule has 4 rings (SSSR count). The number of piperidine rings is 1. The van der Waals surface area contributed by atoms with Gasteiger partial charge in [-0.05, 0) is 67.1 Å². The molecule has 0 radical (unpaired) electrons. The summed E-state index contributed by atoms with van der Waals surface area (Å²) < 4.78 is 28.4.